The molecule has 4 nitrogen and oxygen atoms in total. The van der Waals surface area contributed by atoms with E-state index in [2.05, 4.69) is 42.5 Å². The Labute approximate surface area is 126 Å². The molecule has 0 aliphatic rings. The summed E-state index contributed by atoms with van der Waals surface area (Å²) in [5, 5.41) is 1.12. The van der Waals surface area contributed by atoms with E-state index in [-0.39, 0.29) is 11.6 Å². The van der Waals surface area contributed by atoms with Crippen molar-refractivity contribution in [3.63, 3.8) is 0 Å². The van der Waals surface area contributed by atoms with Crippen molar-refractivity contribution in [2.75, 3.05) is 6.61 Å². The molecule has 0 amide bonds. The largest absolute Gasteiger partial charge is 0.373 e. The number of nitrogens with one attached hydrogen (secondary N) is 1. The molecule has 0 aliphatic heterocycles. The van der Waals surface area contributed by atoms with Crippen LogP contribution in [0.1, 0.15) is 45.2 Å². The molecule has 0 aliphatic carbocycles. The highest BCUT2D eigenvalue weighted by Gasteiger charge is 2.38. The van der Waals surface area contributed by atoms with E-state index in [4.69, 9.17) is 10.6 Å². The molecule has 0 saturated carbocycles. The van der Waals surface area contributed by atoms with Crippen molar-refractivity contribution in [1.29, 1.82) is 0 Å². The number of nitrogens with two attached hydrogens (primary N) is 1. The third kappa shape index (κ3) is 2.93. The first-order chi connectivity index (χ1) is 10.2. The van der Waals surface area contributed by atoms with E-state index in [1.165, 1.54) is 0 Å². The number of ether oxygens (including phenoxy) is 1. The summed E-state index contributed by atoms with van der Waals surface area (Å²) in [4.78, 5) is 4.54. The predicted molar refractivity (Wildman–Crippen MR) is 86.7 cm³/mol. The zero-order chi connectivity index (χ0) is 15.3. The van der Waals surface area contributed by atoms with Crippen LogP contribution >= 0.6 is 0 Å². The van der Waals surface area contributed by atoms with Crippen molar-refractivity contribution in [1.82, 2.24) is 10.4 Å². The van der Waals surface area contributed by atoms with E-state index in [0.29, 0.717) is 6.61 Å². The Morgan fingerprint density at radius 3 is 2.52 bits per heavy atom. The molecule has 3 N–H and O–H groups in total. The van der Waals surface area contributed by atoms with Gasteiger partial charge in [0.05, 0.1) is 17.2 Å². The van der Waals surface area contributed by atoms with Crippen molar-refractivity contribution < 1.29 is 4.74 Å². The number of hydrogen-bond acceptors (Lipinski definition) is 4. The lowest BCUT2D eigenvalue weighted by molar-refractivity contribution is -0.0731. The number of nitrogens with zero attached hydrogens (tertiary/aromatic N) is 1. The lowest BCUT2D eigenvalue weighted by atomic mass is 9.83. The van der Waals surface area contributed by atoms with Gasteiger partial charge in [0.15, 0.2) is 0 Å². The van der Waals surface area contributed by atoms with Gasteiger partial charge in [0.25, 0.3) is 0 Å². The number of hydrogen-bond donors (Lipinski definition) is 2. The molecule has 0 bridgehead atoms. The van der Waals surface area contributed by atoms with Gasteiger partial charge in [0.1, 0.15) is 0 Å². The highest BCUT2D eigenvalue weighted by molar-refractivity contribution is 5.82. The van der Waals surface area contributed by atoms with E-state index in [1.54, 1.807) is 0 Å². The Morgan fingerprint density at radius 1 is 1.19 bits per heavy atom. The minimum absolute atomic E-state index is 0.0916. The highest BCUT2D eigenvalue weighted by atomic mass is 16.5. The first-order valence-corrected chi connectivity index (χ1v) is 7.66. The summed E-state index contributed by atoms with van der Waals surface area (Å²) in [7, 11) is 0. The van der Waals surface area contributed by atoms with E-state index >= 15 is 0 Å². The molecule has 0 spiro atoms. The maximum absolute atomic E-state index is 6.11. The number of para-hydroxylation sites is 1. The predicted octanol–water partition coefficient (Wildman–Crippen LogP) is 3.33. The van der Waals surface area contributed by atoms with E-state index in [0.717, 1.165) is 29.3 Å². The first kappa shape index (κ1) is 15.9. The fourth-order valence-electron chi connectivity index (χ4n) is 3.12. The Bertz CT molecular complexity index is 576. The van der Waals surface area contributed by atoms with Crippen molar-refractivity contribution in [2.24, 2.45) is 5.84 Å². The van der Waals surface area contributed by atoms with Crippen LogP contribution in [0.3, 0.4) is 0 Å². The summed E-state index contributed by atoms with van der Waals surface area (Å²) < 4.78 is 6.11. The Kier molecular flexibility index (Phi) is 5.28. The molecule has 2 rings (SSSR count). The van der Waals surface area contributed by atoms with Gasteiger partial charge in [-0.3, -0.25) is 10.8 Å². The number of rotatable bonds is 7. The van der Waals surface area contributed by atoms with E-state index in [1.807, 2.05) is 25.3 Å². The second kappa shape index (κ2) is 6.98. The van der Waals surface area contributed by atoms with Crippen LogP contribution in [0.4, 0.5) is 0 Å². The van der Waals surface area contributed by atoms with Gasteiger partial charge >= 0.3 is 0 Å². The van der Waals surface area contributed by atoms with Gasteiger partial charge < -0.3 is 4.74 Å². The molecule has 2 aromatic rings. The number of hydrazine groups is 1. The number of fused-ring (bicyclic) bond motifs is 1. The highest BCUT2D eigenvalue weighted by Crippen LogP contribution is 2.37. The molecule has 21 heavy (non-hydrogen) atoms. The Balaban J connectivity index is 2.57. The summed E-state index contributed by atoms with van der Waals surface area (Å²) in [5.41, 5.74) is 4.72. The molecule has 0 fully saturated rings. The summed E-state index contributed by atoms with van der Waals surface area (Å²) in [6.45, 7) is 6.97. The quantitative estimate of drug-likeness (QED) is 0.605. The summed E-state index contributed by atoms with van der Waals surface area (Å²) in [6.07, 6.45) is 3.59. The smallest absolute Gasteiger partial charge is 0.0884 e. The van der Waals surface area contributed by atoms with Gasteiger partial charge in [0, 0.05) is 18.2 Å². The minimum Gasteiger partial charge on any atom is -0.373 e. The number of benzene rings is 1. The maximum atomic E-state index is 6.11. The van der Waals surface area contributed by atoms with Crippen LogP contribution in [0.25, 0.3) is 10.9 Å². The van der Waals surface area contributed by atoms with Gasteiger partial charge in [0.2, 0.25) is 0 Å². The van der Waals surface area contributed by atoms with Crippen LogP contribution in [-0.2, 0) is 4.74 Å². The van der Waals surface area contributed by atoms with Crippen LogP contribution in [0, 0.1) is 0 Å². The minimum atomic E-state index is -0.324. The number of aromatic nitrogens is 1. The molecule has 114 valence electrons. The zero-order valence-electron chi connectivity index (χ0n) is 13.1. The van der Waals surface area contributed by atoms with Crippen molar-refractivity contribution in [2.45, 2.75) is 45.3 Å². The summed E-state index contributed by atoms with van der Waals surface area (Å²) >= 11 is 0. The molecule has 1 heterocycles. The molecule has 0 radical (unpaired) electrons. The third-order valence-corrected chi connectivity index (χ3v) is 4.30. The van der Waals surface area contributed by atoms with E-state index in [9.17, 15) is 0 Å². The normalized spacial score (nSPS) is 13.5. The monoisotopic (exact) mass is 287 g/mol. The zero-order valence-corrected chi connectivity index (χ0v) is 13.1. The van der Waals surface area contributed by atoms with Crippen LogP contribution in [0.5, 0.6) is 0 Å². The topological polar surface area (TPSA) is 60.2 Å². The second-order valence-electron chi connectivity index (χ2n) is 5.23. The molecule has 1 atom stereocenters. The van der Waals surface area contributed by atoms with Crippen LogP contribution in [0.15, 0.2) is 36.5 Å². The lowest BCUT2D eigenvalue weighted by Crippen LogP contribution is -2.48. The van der Waals surface area contributed by atoms with Gasteiger partial charge in [-0.05, 0) is 31.4 Å². The van der Waals surface area contributed by atoms with Gasteiger partial charge in [-0.15, -0.1) is 0 Å². The average Bonchev–Trinajstić information content (AvgIpc) is 2.54. The first-order valence-electron chi connectivity index (χ1n) is 7.66. The Hall–Kier alpha value is -1.49. The van der Waals surface area contributed by atoms with Crippen LogP contribution in [-0.4, -0.2) is 17.2 Å². The summed E-state index contributed by atoms with van der Waals surface area (Å²) in [5.74, 6) is 5.91. The SMILES string of the molecule is CCOC(CC)(CC)C(NN)c1cccc2cccnc12. The summed E-state index contributed by atoms with van der Waals surface area (Å²) in [6, 6.07) is 10.1. The van der Waals surface area contributed by atoms with Crippen LogP contribution in [0.2, 0.25) is 0 Å². The molecule has 1 unspecified atom stereocenters. The molecule has 1 aromatic carbocycles. The standard InChI is InChI=1S/C17H25N3O/c1-4-17(5-2,21-6-3)16(20-18)14-11-7-9-13-10-8-12-19-15(13)14/h7-12,16,20H,4-6,18H2,1-3H3. The maximum Gasteiger partial charge on any atom is 0.0884 e. The van der Waals surface area contributed by atoms with E-state index < -0.39 is 0 Å². The van der Waals surface area contributed by atoms with Crippen LogP contribution < -0.4 is 11.3 Å². The molecular weight excluding hydrogens is 262 g/mol. The number of pyridine rings is 1. The van der Waals surface area contributed by atoms with Gasteiger partial charge in [-0.25, -0.2) is 5.43 Å². The molecule has 0 saturated heterocycles. The average molecular weight is 287 g/mol. The van der Waals surface area contributed by atoms with Crippen molar-refractivity contribution in [3.8, 4) is 0 Å². The molecular formula is C17H25N3O. The third-order valence-electron chi connectivity index (χ3n) is 4.30. The van der Waals surface area contributed by atoms with Crippen molar-refractivity contribution >= 4 is 10.9 Å². The van der Waals surface area contributed by atoms with Gasteiger partial charge in [-0.2, -0.15) is 0 Å². The second-order valence-corrected chi connectivity index (χ2v) is 5.23. The molecule has 1 aromatic heterocycles. The Morgan fingerprint density at radius 2 is 1.90 bits per heavy atom. The van der Waals surface area contributed by atoms with Crippen molar-refractivity contribution in [3.05, 3.63) is 42.1 Å². The molecule has 4 heteroatoms. The fourth-order valence-corrected chi connectivity index (χ4v) is 3.12. The fraction of sp³-hybridized carbons (Fsp3) is 0.471. The lowest BCUT2D eigenvalue weighted by Gasteiger charge is -2.39. The van der Waals surface area contributed by atoms with Gasteiger partial charge in [-0.1, -0.05) is 38.1 Å².